The molecule has 1 aromatic heterocycles. The fourth-order valence-corrected chi connectivity index (χ4v) is 2.29. The molecular weight excluding hydrogens is 244 g/mol. The first kappa shape index (κ1) is 12.7. The van der Waals surface area contributed by atoms with Crippen molar-refractivity contribution in [3.8, 4) is 10.6 Å². The highest BCUT2D eigenvalue weighted by Crippen LogP contribution is 2.19. The highest BCUT2D eigenvalue weighted by Gasteiger charge is 2.13. The minimum absolute atomic E-state index is 0.733. The molecule has 5 heteroatoms. The smallest absolute Gasteiger partial charge is 0.326 e. The van der Waals surface area contributed by atoms with Gasteiger partial charge in [0.15, 0.2) is 0 Å². The second kappa shape index (κ2) is 5.27. The van der Waals surface area contributed by atoms with Crippen molar-refractivity contribution in [2.75, 3.05) is 33.1 Å². The van der Waals surface area contributed by atoms with E-state index in [1.165, 1.54) is 0 Å². The Balaban J connectivity index is 2.66. The van der Waals surface area contributed by atoms with Gasteiger partial charge in [-0.05, 0) is 11.3 Å². The third-order valence-corrected chi connectivity index (χ3v) is 3.55. The number of anilines is 1. The van der Waals surface area contributed by atoms with Gasteiger partial charge in [0.05, 0.1) is 14.1 Å². The van der Waals surface area contributed by atoms with E-state index < -0.39 is 0 Å². The maximum absolute atomic E-state index is 4.59. The summed E-state index contributed by atoms with van der Waals surface area (Å²) < 4.78 is 2.01. The third-order valence-electron chi connectivity index (χ3n) is 2.39. The number of rotatable bonds is 2. The lowest BCUT2D eigenvalue weighted by Crippen LogP contribution is -2.26. The van der Waals surface area contributed by atoms with Crippen molar-refractivity contribution in [1.82, 2.24) is 14.5 Å². The molecule has 0 aliphatic heterocycles. The lowest BCUT2D eigenvalue weighted by Gasteiger charge is -2.06. The lowest BCUT2D eigenvalue weighted by atomic mass is 10.2. The number of aromatic nitrogens is 2. The first-order valence-electron chi connectivity index (χ1n) is 5.70. The molecule has 18 heavy (non-hydrogen) atoms. The van der Waals surface area contributed by atoms with Crippen LogP contribution in [0.25, 0.3) is 10.6 Å². The average molecular weight is 261 g/mol. The molecule has 0 bridgehead atoms. The molecule has 0 unspecified atom stereocenters. The van der Waals surface area contributed by atoms with Crippen LogP contribution in [0.15, 0.2) is 30.3 Å². The predicted octanol–water partition coefficient (Wildman–Crippen LogP) is 1.30. The molecule has 2 aromatic rings. The van der Waals surface area contributed by atoms with E-state index in [0.29, 0.717) is 0 Å². The number of hydrogen-bond donors (Lipinski definition) is 0. The summed E-state index contributed by atoms with van der Waals surface area (Å²) in [4.78, 5) is 12.0. The van der Waals surface area contributed by atoms with Crippen LogP contribution in [0.4, 0.5) is 5.95 Å². The van der Waals surface area contributed by atoms with E-state index in [-0.39, 0.29) is 0 Å². The first-order valence-corrected chi connectivity index (χ1v) is 6.52. The van der Waals surface area contributed by atoms with Gasteiger partial charge in [-0.25, -0.2) is 0 Å². The molecule has 1 heterocycles. The van der Waals surface area contributed by atoms with Gasteiger partial charge in [0.1, 0.15) is 5.01 Å². The molecule has 0 aliphatic rings. The summed E-state index contributed by atoms with van der Waals surface area (Å²) in [5.41, 5.74) is 1.12. The molecule has 0 fully saturated rings. The Morgan fingerprint density at radius 2 is 1.72 bits per heavy atom. The van der Waals surface area contributed by atoms with Crippen molar-refractivity contribution >= 4 is 17.3 Å². The van der Waals surface area contributed by atoms with E-state index in [9.17, 15) is 0 Å². The van der Waals surface area contributed by atoms with Crippen LogP contribution in [-0.2, 0) is 0 Å². The Kier molecular flexibility index (Phi) is 3.72. The zero-order valence-electron chi connectivity index (χ0n) is 11.1. The summed E-state index contributed by atoms with van der Waals surface area (Å²) in [7, 11) is 7.89. The van der Waals surface area contributed by atoms with E-state index >= 15 is 0 Å². The molecule has 0 N–H and O–H groups in total. The van der Waals surface area contributed by atoms with Crippen molar-refractivity contribution < 1.29 is 0 Å². The number of hydrogen-bond acceptors (Lipinski definition) is 4. The van der Waals surface area contributed by atoms with Gasteiger partial charge in [0.2, 0.25) is 0 Å². The molecule has 4 nitrogen and oxygen atoms in total. The molecule has 0 saturated heterocycles. The maximum Gasteiger partial charge on any atom is 0.382 e. The SMILES string of the molecule is CN(C)c1nc(-c2ccccc2)sc(=[N+](C)C)n1. The van der Waals surface area contributed by atoms with Gasteiger partial charge in [-0.15, -0.1) is 0 Å². The summed E-state index contributed by atoms with van der Waals surface area (Å²) in [6.45, 7) is 0. The second-order valence-corrected chi connectivity index (χ2v) is 5.32. The quantitative estimate of drug-likeness (QED) is 0.764. The minimum atomic E-state index is 0.733. The predicted molar refractivity (Wildman–Crippen MR) is 76.8 cm³/mol. The fourth-order valence-electron chi connectivity index (χ4n) is 1.43. The summed E-state index contributed by atoms with van der Waals surface area (Å²) in [6.07, 6.45) is 0. The van der Waals surface area contributed by atoms with E-state index in [1.54, 1.807) is 11.3 Å². The molecule has 2 rings (SSSR count). The Hall–Kier alpha value is -1.75. The Labute approximate surface area is 111 Å². The summed E-state index contributed by atoms with van der Waals surface area (Å²) in [5.74, 6) is 0.733. The van der Waals surface area contributed by atoms with E-state index in [4.69, 9.17) is 0 Å². The van der Waals surface area contributed by atoms with Crippen LogP contribution in [0.5, 0.6) is 0 Å². The van der Waals surface area contributed by atoms with Crippen molar-refractivity contribution in [1.29, 1.82) is 0 Å². The van der Waals surface area contributed by atoms with E-state index in [2.05, 4.69) is 22.1 Å². The highest BCUT2D eigenvalue weighted by molar-refractivity contribution is 7.12. The Morgan fingerprint density at radius 1 is 1.06 bits per heavy atom. The van der Waals surface area contributed by atoms with Crippen molar-refractivity contribution in [3.63, 3.8) is 0 Å². The standard InChI is InChI=1S/C13H17N4S/c1-16(2)12-14-11(10-8-6-5-7-9-10)18-13(15-12)17(3)4/h5-9H,1-4H3/q+1. The normalized spacial score (nSPS) is 10.2. The molecule has 0 amide bonds. The van der Waals surface area contributed by atoms with Crippen LogP contribution >= 0.6 is 11.3 Å². The van der Waals surface area contributed by atoms with Crippen molar-refractivity contribution in [3.05, 3.63) is 35.1 Å². The average Bonchev–Trinajstić information content (AvgIpc) is 2.39. The molecule has 0 atom stereocenters. The van der Waals surface area contributed by atoms with Gasteiger partial charge in [-0.3, -0.25) is 4.58 Å². The maximum atomic E-state index is 4.59. The zero-order valence-corrected chi connectivity index (χ0v) is 11.9. The van der Waals surface area contributed by atoms with Crippen molar-refractivity contribution in [2.24, 2.45) is 0 Å². The minimum Gasteiger partial charge on any atom is -0.326 e. The van der Waals surface area contributed by atoms with Crippen LogP contribution in [0.3, 0.4) is 0 Å². The van der Waals surface area contributed by atoms with Gasteiger partial charge in [-0.1, -0.05) is 30.3 Å². The first-order chi connectivity index (χ1) is 8.58. The van der Waals surface area contributed by atoms with Gasteiger partial charge in [0, 0.05) is 24.6 Å². The van der Waals surface area contributed by atoms with Gasteiger partial charge < -0.3 is 4.90 Å². The van der Waals surface area contributed by atoms with Crippen molar-refractivity contribution in [2.45, 2.75) is 0 Å². The molecule has 0 saturated carbocycles. The lowest BCUT2D eigenvalue weighted by molar-refractivity contribution is 0.793. The number of benzene rings is 1. The van der Waals surface area contributed by atoms with Crippen LogP contribution in [0.2, 0.25) is 0 Å². The van der Waals surface area contributed by atoms with Crippen LogP contribution in [0, 0.1) is 0 Å². The van der Waals surface area contributed by atoms with Crippen LogP contribution in [0.1, 0.15) is 0 Å². The van der Waals surface area contributed by atoms with Crippen LogP contribution in [-0.4, -0.2) is 38.2 Å². The topological polar surface area (TPSA) is 32.0 Å². The van der Waals surface area contributed by atoms with Gasteiger partial charge in [-0.2, -0.15) is 4.98 Å². The van der Waals surface area contributed by atoms with Gasteiger partial charge in [0.25, 0.3) is 0 Å². The largest absolute Gasteiger partial charge is 0.382 e. The number of nitrogens with zero attached hydrogens (tertiary/aromatic N) is 4. The molecule has 1 aromatic carbocycles. The molecule has 0 aliphatic carbocycles. The molecule has 0 radical (unpaired) electrons. The monoisotopic (exact) mass is 261 g/mol. The highest BCUT2D eigenvalue weighted by atomic mass is 32.1. The third kappa shape index (κ3) is 2.73. The molecule has 0 spiro atoms. The summed E-state index contributed by atoms with van der Waals surface area (Å²) in [5, 5.41) is 0.984. The van der Waals surface area contributed by atoms with E-state index in [0.717, 1.165) is 21.3 Å². The zero-order chi connectivity index (χ0) is 13.1. The fraction of sp³-hybridized carbons (Fsp3) is 0.308. The summed E-state index contributed by atoms with van der Waals surface area (Å²) >= 11 is 1.59. The van der Waals surface area contributed by atoms with Crippen LogP contribution < -0.4 is 14.3 Å². The molecular formula is C13H17N4S+. The second-order valence-electron chi connectivity index (χ2n) is 4.37. The summed E-state index contributed by atoms with van der Waals surface area (Å²) in [6, 6.07) is 10.2. The van der Waals surface area contributed by atoms with Gasteiger partial charge >= 0.3 is 10.7 Å². The van der Waals surface area contributed by atoms with E-state index in [1.807, 2.05) is 55.9 Å². The Morgan fingerprint density at radius 3 is 2.28 bits per heavy atom. The Bertz CT molecular complexity index is 598. The molecule has 94 valence electrons.